The molecule has 1 aromatic heterocycles. The number of hydrazine groups is 1. The first-order chi connectivity index (χ1) is 25.2. The first-order valence-corrected chi connectivity index (χ1v) is 19.6. The highest BCUT2D eigenvalue weighted by molar-refractivity contribution is 14.1. The molecule has 3 aromatic rings. The van der Waals surface area contributed by atoms with Crippen molar-refractivity contribution < 1.29 is 45.6 Å². The van der Waals surface area contributed by atoms with E-state index >= 15 is 0 Å². The Balaban J connectivity index is 1.84. The highest BCUT2D eigenvalue weighted by Crippen LogP contribution is 2.47. The number of ether oxygens (including phenoxy) is 2. The number of aliphatic hydroxyl groups excluding tert-OH is 1. The minimum Gasteiger partial charge on any atom is -0.481 e. The predicted octanol–water partition coefficient (Wildman–Crippen LogP) is 6.00. The average Bonchev–Trinajstić information content (AvgIpc) is 3.13. The van der Waals surface area contributed by atoms with E-state index in [1.54, 1.807) is 65.1 Å². The maximum absolute atomic E-state index is 13.7. The van der Waals surface area contributed by atoms with E-state index in [1.807, 2.05) is 42.5 Å². The Kier molecular flexibility index (Phi) is 17.4. The molecule has 0 bridgehead atoms. The fourth-order valence-corrected chi connectivity index (χ4v) is 6.65. The number of hydrogen-bond acceptors (Lipinski definition) is 12. The molecule has 0 saturated carbocycles. The van der Waals surface area contributed by atoms with Crippen LogP contribution in [0.4, 0.5) is 9.59 Å². The summed E-state index contributed by atoms with van der Waals surface area (Å²) in [6.45, 7) is 9.25. The van der Waals surface area contributed by atoms with Crippen molar-refractivity contribution in [3.63, 3.8) is 0 Å². The van der Waals surface area contributed by atoms with E-state index in [-0.39, 0.29) is 39.1 Å². The standard InChI is InChI=1S/C36H49IN5O10P/c1-7-50-53(47,51-8-2)24-49-28-18-14-25(15-19-28)21-30(39-35(46)52-37)31(43)23-42(41-33(44)32(36(3,4)5)40-34(45)48-6)22-26-12-16-27(17-13-26)29-11-9-10-20-38-29/h9-20,30-32,43H,7-8,21-24H2,1-6H3,(H,39,46)(H,40,45)(H,41,44)/t30-,31-,32+/m0/s1. The lowest BCUT2D eigenvalue weighted by Crippen LogP contribution is -2.59. The average molecular weight is 870 g/mol. The number of carbonyl (C=O) groups is 3. The lowest BCUT2D eigenvalue weighted by Gasteiger charge is -2.34. The molecule has 3 amide bonds. The van der Waals surface area contributed by atoms with Gasteiger partial charge in [-0.15, -0.1) is 0 Å². The third kappa shape index (κ3) is 14.5. The Bertz CT molecular complexity index is 1640. The fraction of sp³-hybridized carbons (Fsp3) is 0.444. The molecule has 3 atom stereocenters. The summed E-state index contributed by atoms with van der Waals surface area (Å²) in [4.78, 5) is 42.7. The van der Waals surface area contributed by atoms with Gasteiger partial charge in [-0.1, -0.05) is 63.2 Å². The van der Waals surface area contributed by atoms with Crippen molar-refractivity contribution in [3.05, 3.63) is 84.1 Å². The normalized spacial score (nSPS) is 13.4. The summed E-state index contributed by atoms with van der Waals surface area (Å²) < 4.78 is 38.6. The van der Waals surface area contributed by atoms with E-state index < -0.39 is 49.3 Å². The number of alkyl carbamates (subject to hydrolysis) is 1. The quantitative estimate of drug-likeness (QED) is 0.0626. The highest BCUT2D eigenvalue weighted by atomic mass is 127. The number of nitrogens with one attached hydrogen (secondary N) is 3. The summed E-state index contributed by atoms with van der Waals surface area (Å²) in [5, 5.41) is 18.4. The molecule has 4 N–H and O–H groups in total. The monoisotopic (exact) mass is 869 g/mol. The van der Waals surface area contributed by atoms with E-state index in [1.165, 1.54) is 35.1 Å². The van der Waals surface area contributed by atoms with Crippen molar-refractivity contribution in [1.29, 1.82) is 0 Å². The van der Waals surface area contributed by atoms with Crippen molar-refractivity contribution in [2.45, 2.75) is 65.8 Å². The van der Waals surface area contributed by atoms with Gasteiger partial charge in [0.05, 0.1) is 38.2 Å². The van der Waals surface area contributed by atoms with Crippen LogP contribution in [0.2, 0.25) is 0 Å². The van der Waals surface area contributed by atoms with Gasteiger partial charge in [0.2, 0.25) is 0 Å². The molecule has 0 radical (unpaired) electrons. The van der Waals surface area contributed by atoms with Crippen molar-refractivity contribution in [2.75, 3.05) is 33.2 Å². The number of aliphatic hydroxyl groups is 1. The molecule has 2 aromatic carbocycles. The van der Waals surface area contributed by atoms with Crippen LogP contribution in [0.1, 0.15) is 45.7 Å². The van der Waals surface area contributed by atoms with Gasteiger partial charge in [-0.25, -0.2) is 14.6 Å². The molecule has 0 aliphatic carbocycles. The van der Waals surface area contributed by atoms with E-state index in [9.17, 15) is 24.1 Å². The molecule has 0 spiro atoms. The molecule has 290 valence electrons. The minimum absolute atomic E-state index is 0.139. The minimum atomic E-state index is -3.42. The van der Waals surface area contributed by atoms with Gasteiger partial charge < -0.3 is 37.3 Å². The predicted molar refractivity (Wildman–Crippen MR) is 207 cm³/mol. The van der Waals surface area contributed by atoms with E-state index in [0.717, 1.165) is 22.4 Å². The van der Waals surface area contributed by atoms with Crippen LogP contribution in [0.25, 0.3) is 11.3 Å². The molecule has 17 heteroatoms. The van der Waals surface area contributed by atoms with Crippen LogP contribution in [-0.2, 0) is 39.2 Å². The number of pyridine rings is 1. The van der Waals surface area contributed by atoms with E-state index in [4.69, 9.17) is 21.6 Å². The number of nitrogens with zero attached hydrogens (tertiary/aromatic N) is 2. The molecule has 0 aliphatic heterocycles. The molecule has 3 rings (SSSR count). The smallest absolute Gasteiger partial charge is 0.416 e. The van der Waals surface area contributed by atoms with Crippen molar-refractivity contribution in [1.82, 2.24) is 26.1 Å². The number of methoxy groups -OCH3 is 1. The molecule has 0 aliphatic rings. The molecule has 0 unspecified atom stereocenters. The molecular formula is C36H49IN5O10P. The summed E-state index contributed by atoms with van der Waals surface area (Å²) >= 11 is 1.45. The van der Waals surface area contributed by atoms with E-state index in [0.29, 0.717) is 5.75 Å². The van der Waals surface area contributed by atoms with Gasteiger partial charge in [0.1, 0.15) is 11.8 Å². The maximum Gasteiger partial charge on any atom is 0.416 e. The maximum atomic E-state index is 13.7. The molecule has 53 heavy (non-hydrogen) atoms. The van der Waals surface area contributed by atoms with Crippen LogP contribution in [-0.4, -0.2) is 84.6 Å². The van der Waals surface area contributed by atoms with Gasteiger partial charge in [-0.3, -0.25) is 19.8 Å². The Morgan fingerprint density at radius 1 is 0.925 bits per heavy atom. The molecule has 0 saturated heterocycles. The van der Waals surface area contributed by atoms with Gasteiger partial charge >= 0.3 is 19.8 Å². The van der Waals surface area contributed by atoms with Crippen LogP contribution in [0.5, 0.6) is 5.75 Å². The zero-order valence-electron chi connectivity index (χ0n) is 30.7. The summed E-state index contributed by atoms with van der Waals surface area (Å²) in [6, 6.07) is 18.2. The summed E-state index contributed by atoms with van der Waals surface area (Å²) in [5.41, 5.74) is 5.38. The Morgan fingerprint density at radius 2 is 1.57 bits per heavy atom. The van der Waals surface area contributed by atoms with Crippen molar-refractivity contribution >= 4 is 48.7 Å². The van der Waals surface area contributed by atoms with E-state index in [2.05, 4.69) is 21.0 Å². The third-order valence-electron chi connectivity index (χ3n) is 7.80. The lowest BCUT2D eigenvalue weighted by atomic mass is 9.86. The molecular weight excluding hydrogens is 820 g/mol. The zero-order chi connectivity index (χ0) is 39.0. The highest BCUT2D eigenvalue weighted by Gasteiger charge is 2.35. The zero-order valence-corrected chi connectivity index (χ0v) is 33.8. The largest absolute Gasteiger partial charge is 0.481 e. The Labute approximate surface area is 324 Å². The summed E-state index contributed by atoms with van der Waals surface area (Å²) in [7, 11) is -2.21. The topological polar surface area (TPSA) is 187 Å². The number of aromatic nitrogens is 1. The lowest BCUT2D eigenvalue weighted by molar-refractivity contribution is -0.131. The van der Waals surface area contributed by atoms with Crippen LogP contribution in [0.15, 0.2) is 72.9 Å². The van der Waals surface area contributed by atoms with Crippen LogP contribution in [0.3, 0.4) is 0 Å². The Hall–Kier alpha value is -3.80. The fourth-order valence-electron chi connectivity index (χ4n) is 5.20. The molecule has 0 fully saturated rings. The van der Waals surface area contributed by atoms with Crippen molar-refractivity contribution in [2.24, 2.45) is 5.41 Å². The number of carbonyl (C=O) groups excluding carboxylic acids is 3. The molecule has 15 nitrogen and oxygen atoms in total. The second-order valence-corrected chi connectivity index (χ2v) is 15.4. The number of halogens is 1. The third-order valence-corrected chi connectivity index (χ3v) is 9.95. The van der Waals surface area contributed by atoms with Gasteiger partial charge in [0.15, 0.2) is 29.4 Å². The van der Waals surface area contributed by atoms with Gasteiger partial charge in [-0.05, 0) is 61.1 Å². The second kappa shape index (κ2) is 21.2. The molecule has 1 heterocycles. The second-order valence-electron chi connectivity index (χ2n) is 13.0. The van der Waals surface area contributed by atoms with Crippen molar-refractivity contribution in [3.8, 4) is 17.0 Å². The first-order valence-electron chi connectivity index (χ1n) is 17.0. The van der Waals surface area contributed by atoms with Gasteiger partial charge in [-0.2, -0.15) is 0 Å². The van der Waals surface area contributed by atoms with Gasteiger partial charge in [0, 0.05) is 24.8 Å². The Morgan fingerprint density at radius 3 is 2.11 bits per heavy atom. The van der Waals surface area contributed by atoms with Crippen LogP contribution >= 0.6 is 30.6 Å². The number of hydrogen-bond donors (Lipinski definition) is 4. The number of benzene rings is 2. The first kappa shape index (κ1) is 43.6. The number of amides is 3. The summed E-state index contributed by atoms with van der Waals surface area (Å²) in [5.74, 6) is -0.118. The van der Waals surface area contributed by atoms with Crippen LogP contribution < -0.4 is 20.8 Å². The van der Waals surface area contributed by atoms with Gasteiger partial charge in [0.25, 0.3) is 5.91 Å². The summed E-state index contributed by atoms with van der Waals surface area (Å²) in [6.07, 6.45) is -1.17. The van der Waals surface area contributed by atoms with Crippen LogP contribution in [0, 0.1) is 5.41 Å². The SMILES string of the molecule is CCOP(=O)(COc1ccc(C[C@H](NC(=O)OI)[C@@H](O)CN(Cc2ccc(-c3ccccn3)cc2)NC(=O)[C@@H](NC(=O)OC)C(C)(C)C)cc1)OCC. The number of rotatable bonds is 19.